The summed E-state index contributed by atoms with van der Waals surface area (Å²) in [6.07, 6.45) is 2.02. The van der Waals surface area contributed by atoms with Gasteiger partial charge in [-0.15, -0.1) is 0 Å². The van der Waals surface area contributed by atoms with Crippen molar-refractivity contribution in [2.75, 3.05) is 26.2 Å². The van der Waals surface area contributed by atoms with Crippen molar-refractivity contribution in [2.24, 2.45) is 0 Å². The third-order valence-electron chi connectivity index (χ3n) is 5.40. The lowest BCUT2D eigenvalue weighted by atomic mass is 9.72. The number of rotatable bonds is 2. The maximum Gasteiger partial charge on any atom is 0.151 e. The number of hydrogen-bond acceptors (Lipinski definition) is 3. The van der Waals surface area contributed by atoms with Crippen LogP contribution in [-0.2, 0) is 12.1 Å². The van der Waals surface area contributed by atoms with Crippen LogP contribution in [0.4, 0.5) is 0 Å². The highest BCUT2D eigenvalue weighted by Crippen LogP contribution is 2.47. The highest BCUT2D eigenvalue weighted by molar-refractivity contribution is 5.40. The molecule has 0 bridgehead atoms. The van der Waals surface area contributed by atoms with E-state index in [1.54, 1.807) is 0 Å². The minimum Gasteiger partial charge on any atom is -0.371 e. The maximum absolute atomic E-state index is 12.0. The molecule has 0 amide bonds. The van der Waals surface area contributed by atoms with Crippen LogP contribution in [0.5, 0.6) is 0 Å². The summed E-state index contributed by atoms with van der Waals surface area (Å²) >= 11 is 0. The zero-order valence-electron chi connectivity index (χ0n) is 13.4. The van der Waals surface area contributed by atoms with Crippen LogP contribution < -0.4 is 5.32 Å². The molecule has 120 valence electrons. The van der Waals surface area contributed by atoms with Crippen LogP contribution in [0.25, 0.3) is 0 Å². The Balaban J connectivity index is 1.83. The Morgan fingerprint density at radius 3 is 2.43 bits per heavy atom. The molecule has 1 aliphatic carbocycles. The molecular formula is C20H24N2O. The van der Waals surface area contributed by atoms with Crippen molar-refractivity contribution in [2.45, 2.75) is 24.5 Å². The lowest BCUT2D eigenvalue weighted by Crippen LogP contribution is -2.58. The highest BCUT2D eigenvalue weighted by atomic mass is 16.3. The van der Waals surface area contributed by atoms with Crippen molar-refractivity contribution in [3.05, 3.63) is 71.3 Å². The van der Waals surface area contributed by atoms with Gasteiger partial charge >= 0.3 is 0 Å². The van der Waals surface area contributed by atoms with E-state index in [0.717, 1.165) is 44.6 Å². The third kappa shape index (κ3) is 2.49. The van der Waals surface area contributed by atoms with Gasteiger partial charge in [-0.2, -0.15) is 0 Å². The highest BCUT2D eigenvalue weighted by Gasteiger charge is 2.47. The largest absolute Gasteiger partial charge is 0.371 e. The number of nitrogens with zero attached hydrogens (tertiary/aromatic N) is 1. The van der Waals surface area contributed by atoms with Crippen LogP contribution in [0.15, 0.2) is 54.6 Å². The standard InChI is InChI=1S/C20H24N2O/c23-20(22-14-12-21-13-15-22)18-9-5-4-8-17(18)10-11-19(20)16-6-2-1-3-7-16/h1-9,19,21,23H,10-15H2. The molecule has 1 heterocycles. The average Bonchev–Trinajstić information content (AvgIpc) is 2.64. The molecule has 2 aliphatic rings. The quantitative estimate of drug-likeness (QED) is 0.894. The molecule has 4 rings (SSSR count). The number of benzene rings is 2. The third-order valence-corrected chi connectivity index (χ3v) is 5.40. The second-order valence-corrected chi connectivity index (χ2v) is 6.62. The van der Waals surface area contributed by atoms with Gasteiger partial charge in [0, 0.05) is 37.7 Å². The summed E-state index contributed by atoms with van der Waals surface area (Å²) in [5.41, 5.74) is 2.73. The number of fused-ring (bicyclic) bond motifs is 1. The van der Waals surface area contributed by atoms with Gasteiger partial charge in [0.1, 0.15) is 0 Å². The van der Waals surface area contributed by atoms with E-state index in [1.807, 2.05) is 6.07 Å². The zero-order chi connectivity index (χ0) is 15.7. The monoisotopic (exact) mass is 308 g/mol. The zero-order valence-corrected chi connectivity index (χ0v) is 13.4. The summed E-state index contributed by atoms with van der Waals surface area (Å²) in [5.74, 6) is 0.122. The minimum atomic E-state index is -0.904. The molecule has 2 unspecified atom stereocenters. The Bertz CT molecular complexity index is 666. The molecule has 1 saturated heterocycles. The van der Waals surface area contributed by atoms with Crippen LogP contribution >= 0.6 is 0 Å². The predicted octanol–water partition coefficient (Wildman–Crippen LogP) is 2.47. The average molecular weight is 308 g/mol. The molecule has 3 nitrogen and oxygen atoms in total. The topological polar surface area (TPSA) is 35.5 Å². The lowest BCUT2D eigenvalue weighted by Gasteiger charge is -2.50. The molecular weight excluding hydrogens is 284 g/mol. The van der Waals surface area contributed by atoms with E-state index >= 15 is 0 Å². The van der Waals surface area contributed by atoms with Gasteiger partial charge in [-0.1, -0.05) is 54.6 Å². The Morgan fingerprint density at radius 2 is 1.65 bits per heavy atom. The van der Waals surface area contributed by atoms with E-state index in [-0.39, 0.29) is 5.92 Å². The number of hydrogen-bond donors (Lipinski definition) is 2. The fourth-order valence-corrected chi connectivity index (χ4v) is 4.27. The fraction of sp³-hybridized carbons (Fsp3) is 0.400. The van der Waals surface area contributed by atoms with Gasteiger partial charge in [0.25, 0.3) is 0 Å². The molecule has 0 spiro atoms. The van der Waals surface area contributed by atoms with E-state index in [1.165, 1.54) is 11.1 Å². The molecule has 2 atom stereocenters. The van der Waals surface area contributed by atoms with Gasteiger partial charge < -0.3 is 10.4 Å². The Kier molecular flexibility index (Phi) is 3.93. The summed E-state index contributed by atoms with van der Waals surface area (Å²) in [7, 11) is 0. The first kappa shape index (κ1) is 14.9. The van der Waals surface area contributed by atoms with Crippen molar-refractivity contribution in [1.82, 2.24) is 10.2 Å². The molecule has 2 aromatic carbocycles. The summed E-state index contributed by atoms with van der Waals surface area (Å²) in [6.45, 7) is 3.64. The van der Waals surface area contributed by atoms with Gasteiger partial charge in [0.05, 0.1) is 0 Å². The summed E-state index contributed by atoms with van der Waals surface area (Å²) in [5, 5.41) is 15.4. The van der Waals surface area contributed by atoms with E-state index in [0.29, 0.717) is 0 Å². The molecule has 2 N–H and O–H groups in total. The van der Waals surface area contributed by atoms with Crippen LogP contribution in [0.2, 0.25) is 0 Å². The Hall–Kier alpha value is -1.68. The second kappa shape index (κ2) is 6.08. The SMILES string of the molecule is OC1(N2CCNCC2)c2ccccc2CCC1c1ccccc1. The van der Waals surface area contributed by atoms with Crippen molar-refractivity contribution < 1.29 is 5.11 Å². The van der Waals surface area contributed by atoms with Crippen LogP contribution in [-0.4, -0.2) is 36.2 Å². The molecule has 0 saturated carbocycles. The number of nitrogens with one attached hydrogen (secondary N) is 1. The maximum atomic E-state index is 12.0. The van der Waals surface area contributed by atoms with Gasteiger partial charge in [-0.05, 0) is 24.0 Å². The second-order valence-electron chi connectivity index (χ2n) is 6.62. The molecule has 0 aromatic heterocycles. The van der Waals surface area contributed by atoms with Crippen LogP contribution in [0, 0.1) is 0 Å². The molecule has 2 aromatic rings. The van der Waals surface area contributed by atoms with Gasteiger partial charge in [0.2, 0.25) is 0 Å². The van der Waals surface area contributed by atoms with E-state index in [4.69, 9.17) is 0 Å². The first-order valence-corrected chi connectivity index (χ1v) is 8.61. The fourth-order valence-electron chi connectivity index (χ4n) is 4.27. The van der Waals surface area contributed by atoms with Crippen LogP contribution in [0.1, 0.15) is 29.0 Å². The lowest BCUT2D eigenvalue weighted by molar-refractivity contribution is -0.147. The van der Waals surface area contributed by atoms with E-state index in [2.05, 4.69) is 58.7 Å². The Labute approximate surface area is 138 Å². The Morgan fingerprint density at radius 1 is 0.957 bits per heavy atom. The first-order valence-electron chi connectivity index (χ1n) is 8.61. The predicted molar refractivity (Wildman–Crippen MR) is 92.3 cm³/mol. The summed E-state index contributed by atoms with van der Waals surface area (Å²) in [6, 6.07) is 18.9. The molecule has 1 fully saturated rings. The first-order chi connectivity index (χ1) is 11.3. The number of piperazine rings is 1. The summed E-state index contributed by atoms with van der Waals surface area (Å²) in [4.78, 5) is 2.28. The van der Waals surface area contributed by atoms with Crippen molar-refractivity contribution in [3.8, 4) is 0 Å². The molecule has 3 heteroatoms. The summed E-state index contributed by atoms with van der Waals surface area (Å²) < 4.78 is 0. The number of aliphatic hydroxyl groups is 1. The molecule has 0 radical (unpaired) electrons. The van der Waals surface area contributed by atoms with E-state index < -0.39 is 5.72 Å². The number of aryl methyl sites for hydroxylation is 1. The van der Waals surface area contributed by atoms with Crippen molar-refractivity contribution >= 4 is 0 Å². The minimum absolute atomic E-state index is 0.122. The van der Waals surface area contributed by atoms with Crippen LogP contribution in [0.3, 0.4) is 0 Å². The molecule has 1 aliphatic heterocycles. The van der Waals surface area contributed by atoms with E-state index in [9.17, 15) is 5.11 Å². The van der Waals surface area contributed by atoms with Crippen molar-refractivity contribution in [1.29, 1.82) is 0 Å². The molecule has 23 heavy (non-hydrogen) atoms. The van der Waals surface area contributed by atoms with Crippen molar-refractivity contribution in [3.63, 3.8) is 0 Å². The van der Waals surface area contributed by atoms with Gasteiger partial charge in [-0.25, -0.2) is 0 Å². The van der Waals surface area contributed by atoms with Gasteiger partial charge in [-0.3, -0.25) is 4.90 Å². The van der Waals surface area contributed by atoms with Gasteiger partial charge in [0.15, 0.2) is 5.72 Å². The normalized spacial score (nSPS) is 28.3. The smallest absolute Gasteiger partial charge is 0.151 e.